The van der Waals surface area contributed by atoms with Crippen LogP contribution in [0.3, 0.4) is 0 Å². The summed E-state index contributed by atoms with van der Waals surface area (Å²) in [7, 11) is 1.01. The molecule has 0 unspecified atom stereocenters. The number of hydrogen-bond donors (Lipinski definition) is 0. The fourth-order valence-corrected chi connectivity index (χ4v) is 1.28. The molecule has 0 aliphatic carbocycles. The van der Waals surface area contributed by atoms with E-state index >= 15 is 0 Å². The van der Waals surface area contributed by atoms with Gasteiger partial charge in [-0.2, -0.15) is 18.2 Å². The smallest absolute Gasteiger partial charge is 0.417 e. The van der Waals surface area contributed by atoms with Gasteiger partial charge in [0, 0.05) is 0 Å². The highest BCUT2D eigenvalue weighted by molar-refractivity contribution is 7.78. The van der Waals surface area contributed by atoms with Crippen LogP contribution in [0.15, 0.2) is 23.2 Å². The summed E-state index contributed by atoms with van der Waals surface area (Å²) in [6.07, 6.45) is -4.67. The Labute approximate surface area is 99.9 Å². The van der Waals surface area contributed by atoms with E-state index in [-0.39, 0.29) is 5.69 Å². The standard InChI is InChI=1S/C10H6F3NO2S/c1-16-9(15)7-3-2-6(14-5-17)4-8(7)10(11,12)13/h2-4H,1H3. The number of isothiocyanates is 1. The maximum absolute atomic E-state index is 12.7. The van der Waals surface area contributed by atoms with Gasteiger partial charge in [-0.25, -0.2) is 4.79 Å². The number of alkyl halides is 3. The van der Waals surface area contributed by atoms with Crippen LogP contribution in [0.4, 0.5) is 18.9 Å². The van der Waals surface area contributed by atoms with Gasteiger partial charge in [0.05, 0.1) is 29.1 Å². The van der Waals surface area contributed by atoms with Gasteiger partial charge in [0.1, 0.15) is 0 Å². The van der Waals surface area contributed by atoms with Crippen LogP contribution in [0.1, 0.15) is 15.9 Å². The highest BCUT2D eigenvalue weighted by atomic mass is 32.1. The van der Waals surface area contributed by atoms with E-state index in [1.165, 1.54) is 6.07 Å². The van der Waals surface area contributed by atoms with Crippen LogP contribution >= 0.6 is 12.2 Å². The van der Waals surface area contributed by atoms with Gasteiger partial charge in [0.2, 0.25) is 0 Å². The monoisotopic (exact) mass is 261 g/mol. The summed E-state index contributed by atoms with van der Waals surface area (Å²) in [5.41, 5.74) is -1.71. The molecule has 0 saturated heterocycles. The largest absolute Gasteiger partial charge is 0.465 e. The highest BCUT2D eigenvalue weighted by Crippen LogP contribution is 2.34. The number of halogens is 3. The third kappa shape index (κ3) is 3.12. The van der Waals surface area contributed by atoms with Gasteiger partial charge in [-0.15, -0.1) is 0 Å². The predicted octanol–water partition coefficient (Wildman–Crippen LogP) is 3.23. The van der Waals surface area contributed by atoms with Crippen LogP contribution in [0.25, 0.3) is 0 Å². The molecule has 0 bridgehead atoms. The minimum Gasteiger partial charge on any atom is -0.465 e. The molecule has 0 N–H and O–H groups in total. The molecule has 17 heavy (non-hydrogen) atoms. The molecule has 0 aromatic heterocycles. The Morgan fingerprint density at radius 3 is 2.59 bits per heavy atom. The van der Waals surface area contributed by atoms with Gasteiger partial charge >= 0.3 is 12.1 Å². The molecule has 90 valence electrons. The lowest BCUT2D eigenvalue weighted by molar-refractivity contribution is -0.138. The molecule has 0 amide bonds. The zero-order chi connectivity index (χ0) is 13.1. The van der Waals surface area contributed by atoms with Crippen LogP contribution in [0, 0.1) is 0 Å². The second-order valence-corrected chi connectivity index (χ2v) is 3.10. The van der Waals surface area contributed by atoms with Crippen LogP contribution in [0.2, 0.25) is 0 Å². The van der Waals surface area contributed by atoms with Gasteiger partial charge in [-0.05, 0) is 30.4 Å². The van der Waals surface area contributed by atoms with E-state index in [0.29, 0.717) is 6.07 Å². The molecule has 0 radical (unpaired) electrons. The fraction of sp³-hybridized carbons (Fsp3) is 0.200. The van der Waals surface area contributed by atoms with Gasteiger partial charge in [-0.3, -0.25) is 0 Å². The highest BCUT2D eigenvalue weighted by Gasteiger charge is 2.35. The van der Waals surface area contributed by atoms with Crippen LogP contribution < -0.4 is 0 Å². The maximum Gasteiger partial charge on any atom is 0.417 e. The van der Waals surface area contributed by atoms with E-state index in [2.05, 4.69) is 21.9 Å². The number of nitrogens with zero attached hydrogens (tertiary/aromatic N) is 1. The molecule has 1 rings (SSSR count). The van der Waals surface area contributed by atoms with Crippen molar-refractivity contribution >= 4 is 29.0 Å². The molecule has 0 spiro atoms. The number of benzene rings is 1. The Kier molecular flexibility index (Phi) is 3.98. The first-order valence-electron chi connectivity index (χ1n) is 4.27. The number of carbonyl (C=O) groups excluding carboxylic acids is 1. The number of aliphatic imine (C=N–C) groups is 1. The molecule has 7 heteroatoms. The second kappa shape index (κ2) is 5.07. The van der Waals surface area contributed by atoms with Gasteiger partial charge in [-0.1, -0.05) is 0 Å². The lowest BCUT2D eigenvalue weighted by Gasteiger charge is -2.11. The maximum atomic E-state index is 12.7. The molecule has 0 aliphatic heterocycles. The third-order valence-electron chi connectivity index (χ3n) is 1.89. The van der Waals surface area contributed by atoms with E-state index in [9.17, 15) is 18.0 Å². The number of hydrogen-bond acceptors (Lipinski definition) is 4. The summed E-state index contributed by atoms with van der Waals surface area (Å²) in [6, 6.07) is 2.92. The predicted molar refractivity (Wildman–Crippen MR) is 57.5 cm³/mol. The summed E-state index contributed by atoms with van der Waals surface area (Å²) >= 11 is 4.29. The van der Waals surface area contributed by atoms with E-state index in [1.54, 1.807) is 0 Å². The van der Waals surface area contributed by atoms with Crippen molar-refractivity contribution in [3.05, 3.63) is 29.3 Å². The molecule has 0 fully saturated rings. The zero-order valence-corrected chi connectivity index (χ0v) is 9.35. The van der Waals surface area contributed by atoms with Crippen LogP contribution in [-0.4, -0.2) is 18.2 Å². The Hall–Kier alpha value is -1.72. The van der Waals surface area contributed by atoms with Gasteiger partial charge in [0.15, 0.2) is 0 Å². The molecule has 1 aromatic carbocycles. The molecule has 3 nitrogen and oxygen atoms in total. The Bertz CT molecular complexity index is 493. The number of rotatable bonds is 2. The first-order chi connectivity index (χ1) is 7.90. The average Bonchev–Trinajstić information content (AvgIpc) is 2.27. The topological polar surface area (TPSA) is 38.7 Å². The van der Waals surface area contributed by atoms with E-state index < -0.39 is 23.3 Å². The summed E-state index contributed by atoms with van der Waals surface area (Å²) in [6.45, 7) is 0. The van der Waals surface area contributed by atoms with Gasteiger partial charge < -0.3 is 4.74 Å². The van der Waals surface area contributed by atoms with E-state index in [1.807, 2.05) is 5.16 Å². The molecular formula is C10H6F3NO2S. The number of carbonyl (C=O) groups is 1. The fourth-order valence-electron chi connectivity index (χ4n) is 1.18. The molecule has 0 atom stereocenters. The number of methoxy groups -OCH3 is 1. The van der Waals surface area contributed by atoms with Crippen molar-refractivity contribution < 1.29 is 22.7 Å². The number of esters is 1. The van der Waals surface area contributed by atoms with E-state index in [0.717, 1.165) is 13.2 Å². The Morgan fingerprint density at radius 2 is 2.12 bits per heavy atom. The van der Waals surface area contributed by atoms with E-state index in [4.69, 9.17) is 0 Å². The minimum absolute atomic E-state index is 0.0278. The summed E-state index contributed by atoms with van der Waals surface area (Å²) in [5.74, 6) is -1.06. The van der Waals surface area contributed by atoms with Crippen LogP contribution in [-0.2, 0) is 10.9 Å². The quantitative estimate of drug-likeness (QED) is 0.466. The molecule has 1 aromatic rings. The summed E-state index contributed by atoms with van der Waals surface area (Å²) in [4.78, 5) is 14.6. The third-order valence-corrected chi connectivity index (χ3v) is 1.98. The number of thiocarbonyl (C=S) groups is 1. The minimum atomic E-state index is -4.67. The first kappa shape index (κ1) is 13.3. The Morgan fingerprint density at radius 1 is 1.47 bits per heavy atom. The normalized spacial score (nSPS) is 10.6. The van der Waals surface area contributed by atoms with Crippen LogP contribution in [0.5, 0.6) is 0 Å². The number of ether oxygens (including phenoxy) is 1. The summed E-state index contributed by atoms with van der Waals surface area (Å²) < 4.78 is 42.3. The lowest BCUT2D eigenvalue weighted by atomic mass is 10.1. The Balaban J connectivity index is 3.42. The van der Waals surface area contributed by atoms with Crippen molar-refractivity contribution in [2.45, 2.75) is 6.18 Å². The lowest BCUT2D eigenvalue weighted by Crippen LogP contribution is -2.13. The van der Waals surface area contributed by atoms with Crippen molar-refractivity contribution in [1.29, 1.82) is 0 Å². The van der Waals surface area contributed by atoms with Crippen molar-refractivity contribution in [2.24, 2.45) is 4.99 Å². The van der Waals surface area contributed by atoms with Gasteiger partial charge in [0.25, 0.3) is 0 Å². The summed E-state index contributed by atoms with van der Waals surface area (Å²) in [5, 5.41) is 1.95. The molecule has 0 heterocycles. The first-order valence-corrected chi connectivity index (χ1v) is 4.68. The van der Waals surface area contributed by atoms with Crippen molar-refractivity contribution in [1.82, 2.24) is 0 Å². The zero-order valence-electron chi connectivity index (χ0n) is 8.54. The van der Waals surface area contributed by atoms with Crippen molar-refractivity contribution in [2.75, 3.05) is 7.11 Å². The average molecular weight is 261 g/mol. The molecule has 0 aliphatic rings. The second-order valence-electron chi connectivity index (χ2n) is 2.92. The van der Waals surface area contributed by atoms with Crippen molar-refractivity contribution in [3.63, 3.8) is 0 Å². The van der Waals surface area contributed by atoms with Crippen molar-refractivity contribution in [3.8, 4) is 0 Å². The molecular weight excluding hydrogens is 255 g/mol. The molecule has 0 saturated carbocycles. The SMILES string of the molecule is COC(=O)c1ccc(N=C=S)cc1C(F)(F)F.